The highest BCUT2D eigenvalue weighted by Gasteiger charge is 2.27. The van der Waals surface area contributed by atoms with E-state index in [2.05, 4.69) is 43.1 Å². The fourth-order valence-electron chi connectivity index (χ4n) is 3.33. The summed E-state index contributed by atoms with van der Waals surface area (Å²) < 4.78 is 0. The van der Waals surface area contributed by atoms with Gasteiger partial charge < -0.3 is 0 Å². The third-order valence-electron chi connectivity index (χ3n) is 4.27. The van der Waals surface area contributed by atoms with Crippen LogP contribution in [-0.2, 0) is 0 Å². The topological polar surface area (TPSA) is 12.9 Å². The van der Waals surface area contributed by atoms with Gasteiger partial charge in [-0.3, -0.25) is 4.98 Å². The van der Waals surface area contributed by atoms with Crippen LogP contribution in [0.3, 0.4) is 0 Å². The van der Waals surface area contributed by atoms with Crippen molar-refractivity contribution in [3.63, 3.8) is 0 Å². The van der Waals surface area contributed by atoms with Crippen LogP contribution in [0.25, 0.3) is 10.8 Å². The van der Waals surface area contributed by atoms with E-state index in [9.17, 15) is 0 Å². The second-order valence-electron chi connectivity index (χ2n) is 5.36. The molecule has 1 aliphatic rings. The summed E-state index contributed by atoms with van der Waals surface area (Å²) in [6.45, 7) is 4.55. The monoisotopic (exact) mass is 225 g/mol. The summed E-state index contributed by atoms with van der Waals surface area (Å²) >= 11 is 0. The summed E-state index contributed by atoms with van der Waals surface area (Å²) in [5.74, 6) is 1.52. The van der Waals surface area contributed by atoms with Crippen LogP contribution in [0.15, 0.2) is 30.5 Å². The number of nitrogens with zero attached hydrogens (tertiary/aromatic N) is 1. The molecule has 1 aromatic carbocycles. The standard InChI is InChI=1S/C16H19N/c1-11-6-5-9-14(11)16-12(2)17-10-13-7-3-4-8-15(13)16/h3-4,7-8,10-11,14H,5-6,9H2,1-2H3. The lowest BCUT2D eigenvalue weighted by molar-refractivity contribution is 0.532. The molecule has 1 saturated carbocycles. The van der Waals surface area contributed by atoms with Crippen LogP contribution in [0.2, 0.25) is 0 Å². The predicted octanol–water partition coefficient (Wildman–Crippen LogP) is 4.45. The molecule has 1 aliphatic carbocycles. The van der Waals surface area contributed by atoms with Crippen molar-refractivity contribution in [1.82, 2.24) is 4.98 Å². The zero-order valence-electron chi connectivity index (χ0n) is 10.6. The Morgan fingerprint density at radius 2 is 2.00 bits per heavy atom. The lowest BCUT2D eigenvalue weighted by Gasteiger charge is -2.20. The van der Waals surface area contributed by atoms with Crippen molar-refractivity contribution >= 4 is 10.8 Å². The Morgan fingerprint density at radius 1 is 1.18 bits per heavy atom. The van der Waals surface area contributed by atoms with Crippen LogP contribution in [0.5, 0.6) is 0 Å². The molecule has 0 bridgehead atoms. The lowest BCUT2D eigenvalue weighted by Crippen LogP contribution is -2.06. The SMILES string of the molecule is Cc1ncc2ccccc2c1C1CCCC1C. The molecule has 0 spiro atoms. The van der Waals surface area contributed by atoms with Gasteiger partial charge in [0, 0.05) is 17.3 Å². The van der Waals surface area contributed by atoms with Gasteiger partial charge in [0.1, 0.15) is 0 Å². The Hall–Kier alpha value is -1.37. The summed E-state index contributed by atoms with van der Waals surface area (Å²) in [7, 11) is 0. The van der Waals surface area contributed by atoms with Gasteiger partial charge in [-0.25, -0.2) is 0 Å². The van der Waals surface area contributed by atoms with E-state index in [1.54, 1.807) is 0 Å². The second kappa shape index (κ2) is 4.14. The third-order valence-corrected chi connectivity index (χ3v) is 4.27. The first-order chi connectivity index (χ1) is 8.27. The van der Waals surface area contributed by atoms with Crippen LogP contribution in [0.1, 0.15) is 43.4 Å². The van der Waals surface area contributed by atoms with E-state index in [4.69, 9.17) is 0 Å². The van der Waals surface area contributed by atoms with Crippen molar-refractivity contribution in [2.24, 2.45) is 5.92 Å². The van der Waals surface area contributed by atoms with E-state index in [1.165, 1.54) is 41.3 Å². The molecule has 1 fully saturated rings. The molecular formula is C16H19N. The number of hydrogen-bond donors (Lipinski definition) is 0. The van der Waals surface area contributed by atoms with Crippen molar-refractivity contribution in [1.29, 1.82) is 0 Å². The molecule has 2 unspecified atom stereocenters. The zero-order chi connectivity index (χ0) is 11.8. The molecular weight excluding hydrogens is 206 g/mol. The minimum atomic E-state index is 0.716. The minimum Gasteiger partial charge on any atom is -0.261 e. The average molecular weight is 225 g/mol. The number of aromatic nitrogens is 1. The molecule has 0 saturated heterocycles. The van der Waals surface area contributed by atoms with Crippen LogP contribution >= 0.6 is 0 Å². The van der Waals surface area contributed by atoms with Crippen LogP contribution < -0.4 is 0 Å². The summed E-state index contributed by atoms with van der Waals surface area (Å²) in [6.07, 6.45) is 6.08. The average Bonchev–Trinajstić information content (AvgIpc) is 2.75. The van der Waals surface area contributed by atoms with Gasteiger partial charge in [-0.05, 0) is 36.1 Å². The highest BCUT2D eigenvalue weighted by molar-refractivity contribution is 5.86. The number of benzene rings is 1. The Bertz CT molecular complexity index is 544. The van der Waals surface area contributed by atoms with E-state index >= 15 is 0 Å². The van der Waals surface area contributed by atoms with Crippen molar-refractivity contribution in [2.45, 2.75) is 39.0 Å². The van der Waals surface area contributed by atoms with E-state index in [-0.39, 0.29) is 0 Å². The zero-order valence-corrected chi connectivity index (χ0v) is 10.6. The molecule has 0 radical (unpaired) electrons. The molecule has 0 aliphatic heterocycles. The first kappa shape index (κ1) is 10.8. The maximum Gasteiger partial charge on any atom is 0.0413 e. The molecule has 1 heterocycles. The predicted molar refractivity (Wildman–Crippen MR) is 72.2 cm³/mol. The van der Waals surface area contributed by atoms with E-state index in [0.29, 0.717) is 5.92 Å². The third kappa shape index (κ3) is 1.74. The van der Waals surface area contributed by atoms with Gasteiger partial charge in [0.25, 0.3) is 0 Å². The van der Waals surface area contributed by atoms with E-state index in [0.717, 1.165) is 5.92 Å². The van der Waals surface area contributed by atoms with Crippen molar-refractivity contribution in [2.75, 3.05) is 0 Å². The Morgan fingerprint density at radius 3 is 2.76 bits per heavy atom. The van der Waals surface area contributed by atoms with E-state index in [1.807, 2.05) is 6.20 Å². The molecule has 3 rings (SSSR count). The molecule has 0 N–H and O–H groups in total. The van der Waals surface area contributed by atoms with Gasteiger partial charge >= 0.3 is 0 Å². The van der Waals surface area contributed by atoms with Gasteiger partial charge in [0.15, 0.2) is 0 Å². The minimum absolute atomic E-state index is 0.716. The maximum absolute atomic E-state index is 4.59. The van der Waals surface area contributed by atoms with Gasteiger partial charge in [0.05, 0.1) is 0 Å². The molecule has 88 valence electrons. The van der Waals surface area contributed by atoms with Crippen LogP contribution in [0.4, 0.5) is 0 Å². The van der Waals surface area contributed by atoms with Gasteiger partial charge in [-0.1, -0.05) is 44.0 Å². The lowest BCUT2D eigenvalue weighted by atomic mass is 9.86. The number of fused-ring (bicyclic) bond motifs is 1. The number of rotatable bonds is 1. The second-order valence-corrected chi connectivity index (χ2v) is 5.36. The quantitative estimate of drug-likeness (QED) is 0.699. The first-order valence-corrected chi connectivity index (χ1v) is 6.61. The molecule has 1 aromatic heterocycles. The van der Waals surface area contributed by atoms with Crippen molar-refractivity contribution in [3.8, 4) is 0 Å². The summed E-state index contributed by atoms with van der Waals surface area (Å²) in [6, 6.07) is 8.67. The van der Waals surface area contributed by atoms with Gasteiger partial charge in [-0.2, -0.15) is 0 Å². The normalized spacial score (nSPS) is 24.4. The highest BCUT2D eigenvalue weighted by atomic mass is 14.7. The van der Waals surface area contributed by atoms with Gasteiger partial charge in [-0.15, -0.1) is 0 Å². The molecule has 2 aromatic rings. The molecule has 17 heavy (non-hydrogen) atoms. The number of aryl methyl sites for hydroxylation is 1. The Labute approximate surface area is 103 Å². The number of hydrogen-bond acceptors (Lipinski definition) is 1. The summed E-state index contributed by atoms with van der Waals surface area (Å²) in [4.78, 5) is 4.59. The highest BCUT2D eigenvalue weighted by Crippen LogP contribution is 2.42. The Kier molecular flexibility index (Phi) is 2.62. The van der Waals surface area contributed by atoms with Gasteiger partial charge in [0.2, 0.25) is 0 Å². The summed E-state index contributed by atoms with van der Waals surface area (Å²) in [5, 5.41) is 2.70. The number of pyridine rings is 1. The molecule has 0 amide bonds. The largest absolute Gasteiger partial charge is 0.261 e. The maximum atomic E-state index is 4.59. The van der Waals surface area contributed by atoms with E-state index < -0.39 is 0 Å². The fraction of sp³-hybridized carbons (Fsp3) is 0.438. The van der Waals surface area contributed by atoms with Crippen molar-refractivity contribution in [3.05, 3.63) is 41.7 Å². The smallest absolute Gasteiger partial charge is 0.0413 e. The van der Waals surface area contributed by atoms with Crippen molar-refractivity contribution < 1.29 is 0 Å². The van der Waals surface area contributed by atoms with Crippen LogP contribution in [-0.4, -0.2) is 4.98 Å². The first-order valence-electron chi connectivity index (χ1n) is 6.61. The summed E-state index contributed by atoms with van der Waals surface area (Å²) in [5.41, 5.74) is 2.73. The molecule has 1 nitrogen and oxygen atoms in total. The fourth-order valence-corrected chi connectivity index (χ4v) is 3.33. The van der Waals surface area contributed by atoms with Crippen LogP contribution in [0, 0.1) is 12.8 Å². The molecule has 2 atom stereocenters. The Balaban J connectivity index is 2.23. The molecule has 1 heteroatoms.